The van der Waals surface area contributed by atoms with E-state index in [1.54, 1.807) is 6.20 Å². The van der Waals surface area contributed by atoms with Crippen molar-refractivity contribution in [3.8, 4) is 17.3 Å². The van der Waals surface area contributed by atoms with Gasteiger partial charge in [0.25, 0.3) is 5.91 Å². The summed E-state index contributed by atoms with van der Waals surface area (Å²) in [6.45, 7) is 0.512. The number of nitrogens with one attached hydrogen (secondary N) is 2. The number of nitriles is 1. The summed E-state index contributed by atoms with van der Waals surface area (Å²) in [6.07, 6.45) is 11.5. The van der Waals surface area contributed by atoms with E-state index in [1.807, 2.05) is 53.5 Å². The maximum absolute atomic E-state index is 12.7. The second-order valence-corrected chi connectivity index (χ2v) is 8.67. The van der Waals surface area contributed by atoms with Crippen LogP contribution in [0.3, 0.4) is 0 Å². The Morgan fingerprint density at radius 3 is 2.82 bits per heavy atom. The third-order valence-corrected chi connectivity index (χ3v) is 6.78. The Labute approximate surface area is 191 Å². The van der Waals surface area contributed by atoms with Crippen LogP contribution in [0.4, 0.5) is 0 Å². The second-order valence-electron chi connectivity index (χ2n) is 8.67. The van der Waals surface area contributed by atoms with Crippen LogP contribution in [0.2, 0.25) is 0 Å². The molecule has 8 nitrogen and oxygen atoms in total. The van der Waals surface area contributed by atoms with Gasteiger partial charge in [-0.3, -0.25) is 9.48 Å². The molecule has 0 spiro atoms. The molecule has 1 aliphatic carbocycles. The van der Waals surface area contributed by atoms with Crippen LogP contribution in [-0.4, -0.2) is 37.2 Å². The monoisotopic (exact) mass is 439 g/mol. The van der Waals surface area contributed by atoms with Gasteiger partial charge in [-0.15, -0.1) is 0 Å². The smallest absolute Gasteiger partial charge is 0.251 e. The number of H-pyrrole nitrogens is 1. The zero-order valence-corrected chi connectivity index (χ0v) is 18.2. The SMILES string of the molecule is N#CCC(n1cc(-c2ncnc3[nH]ccc23)cn1)C1(CNC(=O)c2ccccc2)CCCC1. The van der Waals surface area contributed by atoms with Gasteiger partial charge in [0.1, 0.15) is 12.0 Å². The molecule has 1 fully saturated rings. The molecule has 166 valence electrons. The lowest BCUT2D eigenvalue weighted by Crippen LogP contribution is -2.42. The highest BCUT2D eigenvalue weighted by Crippen LogP contribution is 2.48. The van der Waals surface area contributed by atoms with Crippen LogP contribution in [0.5, 0.6) is 0 Å². The zero-order chi connectivity index (χ0) is 22.7. The van der Waals surface area contributed by atoms with Crippen molar-refractivity contribution in [2.45, 2.75) is 38.1 Å². The fraction of sp³-hybridized carbons (Fsp3) is 0.320. The predicted octanol–water partition coefficient (Wildman–Crippen LogP) is 4.27. The standard InChI is InChI=1S/C25H25N7O/c26-12-8-21(25(10-4-5-11-25)16-28-24(33)18-6-2-1-3-7-18)32-15-19(14-31-32)22-20-9-13-27-23(20)30-17-29-22/h1-3,6-7,9,13-15,17,21H,4-5,8,10-11,16H2,(H,28,33)(H,27,29,30). The summed E-state index contributed by atoms with van der Waals surface area (Å²) in [4.78, 5) is 24.6. The molecule has 1 aromatic carbocycles. The molecular formula is C25H25N7O. The molecule has 0 aliphatic heterocycles. The minimum Gasteiger partial charge on any atom is -0.351 e. The van der Waals surface area contributed by atoms with Gasteiger partial charge in [-0.2, -0.15) is 10.4 Å². The average Bonchev–Trinajstić information content (AvgIpc) is 3.62. The highest BCUT2D eigenvalue weighted by molar-refractivity contribution is 5.94. The van der Waals surface area contributed by atoms with E-state index >= 15 is 0 Å². The maximum atomic E-state index is 12.7. The van der Waals surface area contributed by atoms with Crippen molar-refractivity contribution < 1.29 is 4.79 Å². The molecule has 1 atom stereocenters. The van der Waals surface area contributed by atoms with Crippen molar-refractivity contribution >= 4 is 16.9 Å². The van der Waals surface area contributed by atoms with Gasteiger partial charge in [-0.1, -0.05) is 31.0 Å². The Morgan fingerprint density at radius 2 is 2.03 bits per heavy atom. The van der Waals surface area contributed by atoms with E-state index in [2.05, 4.69) is 31.4 Å². The zero-order valence-electron chi connectivity index (χ0n) is 18.2. The molecule has 1 saturated carbocycles. The van der Waals surface area contributed by atoms with Crippen LogP contribution in [0, 0.1) is 16.7 Å². The number of aromatic nitrogens is 5. The first-order valence-electron chi connectivity index (χ1n) is 11.2. The number of nitrogens with zero attached hydrogens (tertiary/aromatic N) is 5. The van der Waals surface area contributed by atoms with E-state index in [9.17, 15) is 10.1 Å². The van der Waals surface area contributed by atoms with Gasteiger partial charge >= 0.3 is 0 Å². The molecule has 5 rings (SSSR count). The van der Waals surface area contributed by atoms with Gasteiger partial charge in [0.15, 0.2) is 0 Å². The van der Waals surface area contributed by atoms with E-state index in [0.29, 0.717) is 18.5 Å². The maximum Gasteiger partial charge on any atom is 0.251 e. The molecule has 1 unspecified atom stereocenters. The quantitative estimate of drug-likeness (QED) is 0.447. The molecule has 1 amide bonds. The normalized spacial score (nSPS) is 15.8. The largest absolute Gasteiger partial charge is 0.351 e. The summed E-state index contributed by atoms with van der Waals surface area (Å²) in [7, 11) is 0. The number of hydrogen-bond acceptors (Lipinski definition) is 5. The molecule has 0 radical (unpaired) electrons. The summed E-state index contributed by atoms with van der Waals surface area (Å²) in [5.41, 5.74) is 2.88. The van der Waals surface area contributed by atoms with E-state index in [4.69, 9.17) is 0 Å². The Bertz CT molecular complexity index is 1300. The molecule has 3 aromatic heterocycles. The minimum absolute atomic E-state index is 0.0884. The number of fused-ring (bicyclic) bond motifs is 1. The second kappa shape index (κ2) is 8.87. The Kier molecular flexibility index (Phi) is 5.61. The average molecular weight is 440 g/mol. The lowest BCUT2D eigenvalue weighted by molar-refractivity contribution is 0.0894. The third-order valence-electron chi connectivity index (χ3n) is 6.78. The summed E-state index contributed by atoms with van der Waals surface area (Å²) >= 11 is 0. The van der Waals surface area contributed by atoms with Gasteiger partial charge in [-0.25, -0.2) is 9.97 Å². The van der Waals surface area contributed by atoms with Gasteiger partial charge in [-0.05, 0) is 31.0 Å². The molecule has 3 heterocycles. The summed E-state index contributed by atoms with van der Waals surface area (Å²) in [5, 5.41) is 18.4. The van der Waals surface area contributed by atoms with Crippen molar-refractivity contribution in [3.63, 3.8) is 0 Å². The number of benzene rings is 1. The Balaban J connectivity index is 1.44. The number of aromatic amines is 1. The number of carbonyl (C=O) groups excluding carboxylic acids is 1. The van der Waals surface area contributed by atoms with Crippen LogP contribution in [0.25, 0.3) is 22.3 Å². The topological polar surface area (TPSA) is 112 Å². The van der Waals surface area contributed by atoms with Crippen molar-refractivity contribution in [2.24, 2.45) is 5.41 Å². The fourth-order valence-corrected chi connectivity index (χ4v) is 5.07. The fourth-order valence-electron chi connectivity index (χ4n) is 5.07. The van der Waals surface area contributed by atoms with Gasteiger partial charge in [0.2, 0.25) is 0 Å². The molecule has 4 aromatic rings. The first kappa shape index (κ1) is 20.9. The van der Waals surface area contributed by atoms with Crippen LogP contribution in [-0.2, 0) is 0 Å². The molecule has 33 heavy (non-hydrogen) atoms. The number of rotatable bonds is 7. The first-order chi connectivity index (χ1) is 16.2. The Hall–Kier alpha value is -3.99. The number of amides is 1. The highest BCUT2D eigenvalue weighted by atomic mass is 16.1. The van der Waals surface area contributed by atoms with Crippen molar-refractivity contribution in [3.05, 3.63) is 66.9 Å². The third kappa shape index (κ3) is 3.98. The van der Waals surface area contributed by atoms with E-state index in [0.717, 1.165) is 48.0 Å². The number of carbonyl (C=O) groups is 1. The molecular weight excluding hydrogens is 414 g/mol. The van der Waals surface area contributed by atoms with Crippen molar-refractivity contribution in [2.75, 3.05) is 6.54 Å². The van der Waals surface area contributed by atoms with E-state index in [-0.39, 0.29) is 17.4 Å². The Morgan fingerprint density at radius 1 is 1.21 bits per heavy atom. The minimum atomic E-state index is -0.224. The first-order valence-corrected chi connectivity index (χ1v) is 11.2. The molecule has 0 saturated heterocycles. The van der Waals surface area contributed by atoms with E-state index < -0.39 is 0 Å². The molecule has 2 N–H and O–H groups in total. The lowest BCUT2D eigenvalue weighted by Gasteiger charge is -2.37. The highest BCUT2D eigenvalue weighted by Gasteiger charge is 2.43. The van der Waals surface area contributed by atoms with Crippen LogP contribution < -0.4 is 5.32 Å². The molecule has 1 aliphatic rings. The van der Waals surface area contributed by atoms with Crippen LogP contribution >= 0.6 is 0 Å². The summed E-state index contributed by atoms with van der Waals surface area (Å²) in [6, 6.07) is 13.4. The molecule has 8 heteroatoms. The van der Waals surface area contributed by atoms with E-state index in [1.165, 1.54) is 6.33 Å². The van der Waals surface area contributed by atoms with Gasteiger partial charge < -0.3 is 10.3 Å². The number of hydrogen-bond donors (Lipinski definition) is 2. The summed E-state index contributed by atoms with van der Waals surface area (Å²) in [5.74, 6) is -0.0884. The van der Waals surface area contributed by atoms with Gasteiger partial charge in [0, 0.05) is 40.9 Å². The summed E-state index contributed by atoms with van der Waals surface area (Å²) < 4.78 is 1.90. The predicted molar refractivity (Wildman–Crippen MR) is 124 cm³/mol. The van der Waals surface area contributed by atoms with Crippen molar-refractivity contribution in [1.29, 1.82) is 5.26 Å². The van der Waals surface area contributed by atoms with Crippen molar-refractivity contribution in [1.82, 2.24) is 30.0 Å². The van der Waals surface area contributed by atoms with Crippen LogP contribution in [0.1, 0.15) is 48.5 Å². The molecule has 0 bridgehead atoms. The van der Waals surface area contributed by atoms with Gasteiger partial charge in [0.05, 0.1) is 30.4 Å². The van der Waals surface area contributed by atoms with Crippen LogP contribution in [0.15, 0.2) is 61.3 Å². The lowest BCUT2D eigenvalue weighted by atomic mass is 9.77.